The molecule has 8 heteroatoms. The number of nitrogens with zero attached hydrogens (tertiary/aromatic N) is 1. The third-order valence-corrected chi connectivity index (χ3v) is 5.15. The number of piperazine rings is 1. The van der Waals surface area contributed by atoms with Gasteiger partial charge in [0.05, 0.1) is 7.11 Å². The summed E-state index contributed by atoms with van der Waals surface area (Å²) >= 11 is 0. The van der Waals surface area contributed by atoms with Crippen LogP contribution in [0.4, 0.5) is 4.39 Å². The minimum atomic E-state index is -0.0871. The molecule has 7 nitrogen and oxygen atoms in total. The zero-order valence-corrected chi connectivity index (χ0v) is 25.0. The molecular weight excluding hydrogens is 471 g/mol. The topological polar surface area (TPSA) is 96.7 Å². The summed E-state index contributed by atoms with van der Waals surface area (Å²) in [5.74, 6) is 4.26. The Morgan fingerprint density at radius 1 is 1.05 bits per heavy atom. The van der Waals surface area contributed by atoms with Gasteiger partial charge in [-0.05, 0) is 44.5 Å². The van der Waals surface area contributed by atoms with Crippen LogP contribution in [-0.2, 0) is 20.8 Å². The average Bonchev–Trinajstić information content (AvgIpc) is 3.25. The summed E-state index contributed by atoms with van der Waals surface area (Å²) in [6, 6.07) is 5.45. The SMILES string of the molecule is C1CCCCCC1.C=O.CC.CCCc1ccc(C)c(F)c1.CCNC=O.CN1CCNCC1.CON. The van der Waals surface area contributed by atoms with Gasteiger partial charge in [0.1, 0.15) is 12.6 Å². The van der Waals surface area contributed by atoms with Crippen molar-refractivity contribution in [1.29, 1.82) is 0 Å². The summed E-state index contributed by atoms with van der Waals surface area (Å²) in [5, 5.41) is 5.70. The normalized spacial score (nSPS) is 14.0. The summed E-state index contributed by atoms with van der Waals surface area (Å²) in [5.41, 5.74) is 1.82. The Morgan fingerprint density at radius 2 is 1.49 bits per heavy atom. The van der Waals surface area contributed by atoms with Crippen molar-refractivity contribution in [2.75, 3.05) is 46.9 Å². The van der Waals surface area contributed by atoms with Crippen LogP contribution in [0.3, 0.4) is 0 Å². The molecular formula is C29H59FN4O3. The first-order valence-corrected chi connectivity index (χ1v) is 13.8. The predicted molar refractivity (Wildman–Crippen MR) is 157 cm³/mol. The summed E-state index contributed by atoms with van der Waals surface area (Å²) in [6.07, 6.45) is 13.2. The molecule has 2 fully saturated rings. The lowest BCUT2D eigenvalue weighted by Gasteiger charge is -2.21. The Labute approximate surface area is 228 Å². The minimum absolute atomic E-state index is 0.0871. The van der Waals surface area contributed by atoms with Gasteiger partial charge in [0.15, 0.2) is 0 Å². The quantitative estimate of drug-likeness (QED) is 0.273. The van der Waals surface area contributed by atoms with E-state index < -0.39 is 0 Å². The lowest BCUT2D eigenvalue weighted by atomic mass is 10.1. The molecule has 1 aliphatic heterocycles. The molecule has 1 aliphatic carbocycles. The fraction of sp³-hybridized carbons (Fsp3) is 0.724. The van der Waals surface area contributed by atoms with Crippen LogP contribution in [0.2, 0.25) is 0 Å². The number of halogens is 1. The average molecular weight is 531 g/mol. The molecule has 220 valence electrons. The van der Waals surface area contributed by atoms with E-state index in [2.05, 4.69) is 40.2 Å². The number of likely N-dealkylation sites (N-methyl/N-ethyl adjacent to an activating group) is 1. The highest BCUT2D eigenvalue weighted by Crippen LogP contribution is 2.15. The van der Waals surface area contributed by atoms with Crippen molar-refractivity contribution >= 4 is 13.2 Å². The number of hydrogen-bond acceptors (Lipinski definition) is 6. The first-order chi connectivity index (χ1) is 18.0. The predicted octanol–water partition coefficient (Wildman–Crippen LogP) is 5.44. The molecule has 0 aromatic heterocycles. The van der Waals surface area contributed by atoms with Gasteiger partial charge in [-0.1, -0.05) is 84.3 Å². The Bertz CT molecular complexity index is 540. The number of nitrogens with one attached hydrogen (secondary N) is 2. The maximum absolute atomic E-state index is 12.9. The largest absolute Gasteiger partial charge is 0.359 e. The van der Waals surface area contributed by atoms with Crippen LogP contribution in [-0.4, -0.2) is 65.0 Å². The number of amides is 1. The van der Waals surface area contributed by atoms with Crippen molar-refractivity contribution in [1.82, 2.24) is 15.5 Å². The van der Waals surface area contributed by atoms with E-state index in [1.807, 2.05) is 39.7 Å². The van der Waals surface area contributed by atoms with Crippen LogP contribution >= 0.6 is 0 Å². The van der Waals surface area contributed by atoms with Crippen LogP contribution in [0.25, 0.3) is 0 Å². The molecule has 3 rings (SSSR count). The van der Waals surface area contributed by atoms with E-state index in [0.717, 1.165) is 43.6 Å². The van der Waals surface area contributed by atoms with Gasteiger partial charge in [-0.2, -0.15) is 0 Å². The van der Waals surface area contributed by atoms with E-state index in [4.69, 9.17) is 4.79 Å². The van der Waals surface area contributed by atoms with Crippen molar-refractivity contribution < 1.29 is 18.8 Å². The van der Waals surface area contributed by atoms with E-state index in [-0.39, 0.29) is 5.82 Å². The van der Waals surface area contributed by atoms with Gasteiger partial charge in [-0.25, -0.2) is 10.3 Å². The second-order valence-electron chi connectivity index (χ2n) is 8.27. The second kappa shape index (κ2) is 38.7. The van der Waals surface area contributed by atoms with Gasteiger partial charge in [0, 0.05) is 32.7 Å². The van der Waals surface area contributed by atoms with Crippen LogP contribution in [0.15, 0.2) is 18.2 Å². The van der Waals surface area contributed by atoms with Crippen molar-refractivity contribution in [3.8, 4) is 0 Å². The maximum Gasteiger partial charge on any atom is 0.207 e. The number of nitrogens with two attached hydrogens (primary N) is 1. The molecule has 2 aliphatic rings. The van der Waals surface area contributed by atoms with Gasteiger partial charge in [0.2, 0.25) is 6.41 Å². The van der Waals surface area contributed by atoms with Crippen molar-refractivity contribution in [3.63, 3.8) is 0 Å². The highest BCUT2D eigenvalue weighted by Gasteiger charge is 2.01. The summed E-state index contributed by atoms with van der Waals surface area (Å²) in [6.45, 7) is 17.2. The Balaban J connectivity index is -0.000000187. The van der Waals surface area contributed by atoms with E-state index >= 15 is 0 Å². The van der Waals surface area contributed by atoms with Gasteiger partial charge in [0.25, 0.3) is 0 Å². The molecule has 0 unspecified atom stereocenters. The molecule has 4 N–H and O–H groups in total. The Kier molecular flexibility index (Phi) is 44.1. The Morgan fingerprint density at radius 3 is 1.73 bits per heavy atom. The van der Waals surface area contributed by atoms with Gasteiger partial charge in [-0.3, -0.25) is 4.79 Å². The number of rotatable bonds is 4. The van der Waals surface area contributed by atoms with E-state index in [9.17, 15) is 9.18 Å². The molecule has 1 saturated carbocycles. The standard InChI is InChI=1S/C10H13F.C7H14.C5H12N2.C3H7NO.C2H6.CH5NO.CH2O/c1-3-4-9-6-5-8(2)10(11)7-9;1-2-4-6-7-5-3-1;1-7-4-2-6-3-5-7;1-2-4-3-5;1-2;1-3-2;1-2/h5-7H,3-4H2,1-2H3;1-7H2;6H,2-5H2,1H3;3H,2H2,1H3,(H,4,5);1-2H3;2H2,1H3;1H2. The fourth-order valence-electron chi connectivity index (χ4n) is 3.18. The smallest absolute Gasteiger partial charge is 0.207 e. The molecule has 0 radical (unpaired) electrons. The molecule has 1 saturated heterocycles. The van der Waals surface area contributed by atoms with Crippen LogP contribution in [0.1, 0.15) is 90.2 Å². The van der Waals surface area contributed by atoms with Crippen molar-refractivity contribution in [2.45, 2.75) is 92.4 Å². The van der Waals surface area contributed by atoms with E-state index in [1.54, 1.807) is 13.0 Å². The molecule has 0 bridgehead atoms. The highest BCUT2D eigenvalue weighted by atomic mass is 19.1. The fourth-order valence-corrected chi connectivity index (χ4v) is 3.18. The van der Waals surface area contributed by atoms with Crippen LogP contribution < -0.4 is 16.5 Å². The Hall–Kier alpha value is -1.87. The number of carbonyl (C=O) groups excluding carboxylic acids is 2. The van der Waals surface area contributed by atoms with Crippen LogP contribution in [0.5, 0.6) is 0 Å². The van der Waals surface area contributed by atoms with Crippen molar-refractivity contribution in [3.05, 3.63) is 35.1 Å². The number of benzene rings is 1. The van der Waals surface area contributed by atoms with Gasteiger partial charge >= 0.3 is 0 Å². The first kappa shape index (κ1) is 42.2. The third-order valence-electron chi connectivity index (χ3n) is 5.15. The monoisotopic (exact) mass is 530 g/mol. The highest BCUT2D eigenvalue weighted by molar-refractivity contribution is 5.45. The zero-order chi connectivity index (χ0) is 29.2. The first-order valence-electron chi connectivity index (χ1n) is 13.8. The molecule has 0 spiro atoms. The van der Waals surface area contributed by atoms with Gasteiger partial charge < -0.3 is 25.2 Å². The molecule has 37 heavy (non-hydrogen) atoms. The molecule has 0 atom stereocenters. The summed E-state index contributed by atoms with van der Waals surface area (Å²) in [4.78, 5) is 23.4. The van der Waals surface area contributed by atoms with E-state index in [1.165, 1.54) is 65.1 Å². The summed E-state index contributed by atoms with van der Waals surface area (Å²) in [7, 11) is 3.56. The van der Waals surface area contributed by atoms with Gasteiger partial charge in [-0.15, -0.1) is 0 Å². The lowest BCUT2D eigenvalue weighted by molar-refractivity contribution is -0.109. The molecule has 1 aromatic carbocycles. The minimum Gasteiger partial charge on any atom is -0.359 e. The maximum atomic E-state index is 12.9. The second-order valence-corrected chi connectivity index (χ2v) is 8.27. The number of hydrogen-bond donors (Lipinski definition) is 3. The third kappa shape index (κ3) is 36.4. The molecule has 1 aromatic rings. The van der Waals surface area contributed by atoms with Crippen LogP contribution in [0, 0.1) is 12.7 Å². The number of aryl methyl sites for hydroxylation is 2. The van der Waals surface area contributed by atoms with Crippen molar-refractivity contribution in [2.24, 2.45) is 5.90 Å². The number of carbonyl (C=O) groups is 2. The molecule has 1 amide bonds. The lowest BCUT2D eigenvalue weighted by Crippen LogP contribution is -2.40. The zero-order valence-electron chi connectivity index (χ0n) is 25.0. The molecule has 1 heterocycles. The van der Waals surface area contributed by atoms with E-state index in [0.29, 0.717) is 6.41 Å². The summed E-state index contributed by atoms with van der Waals surface area (Å²) < 4.78 is 12.9.